The van der Waals surface area contributed by atoms with E-state index in [9.17, 15) is 9.59 Å². The predicted octanol–water partition coefficient (Wildman–Crippen LogP) is 3.29. The number of nitrogens with one attached hydrogen (secondary N) is 1. The van der Waals surface area contributed by atoms with Crippen molar-refractivity contribution < 1.29 is 14.3 Å². The number of carbonyl (C=O) groups excluding carboxylic acids is 2. The highest BCUT2D eigenvalue weighted by Gasteiger charge is 2.35. The van der Waals surface area contributed by atoms with E-state index < -0.39 is 0 Å². The van der Waals surface area contributed by atoms with Crippen molar-refractivity contribution in [2.45, 2.75) is 31.8 Å². The van der Waals surface area contributed by atoms with E-state index in [1.165, 1.54) is 11.3 Å². The van der Waals surface area contributed by atoms with Crippen molar-refractivity contribution in [1.29, 1.82) is 0 Å². The van der Waals surface area contributed by atoms with Crippen molar-refractivity contribution >= 4 is 23.3 Å². The number of urea groups is 1. The number of likely N-dealkylation sites (tertiary alicyclic amines) is 2. The van der Waals surface area contributed by atoms with Gasteiger partial charge in [0, 0.05) is 44.1 Å². The Hall–Kier alpha value is -2.58. The maximum atomic E-state index is 13.2. The lowest BCUT2D eigenvalue weighted by Gasteiger charge is -2.27. The topological polar surface area (TPSA) is 65.1 Å². The van der Waals surface area contributed by atoms with E-state index in [4.69, 9.17) is 4.74 Å². The number of nitrogens with zero attached hydrogens (tertiary/aromatic N) is 3. The average molecular weight is 457 g/mol. The SMILES string of the molecule is CN[C@@H]1CCN(C(=O)N2CC[C@H](N(C)C(=O)c3ccc(-c4ccc(OC)cc4C)s3)C2)C1. The number of rotatable bonds is 5. The van der Waals surface area contributed by atoms with E-state index in [2.05, 4.69) is 12.2 Å². The summed E-state index contributed by atoms with van der Waals surface area (Å²) in [6, 6.07) is 10.4. The van der Waals surface area contributed by atoms with E-state index in [0.717, 1.165) is 52.6 Å². The van der Waals surface area contributed by atoms with Crippen molar-refractivity contribution in [1.82, 2.24) is 20.0 Å². The molecule has 3 amide bonds. The highest BCUT2D eigenvalue weighted by atomic mass is 32.1. The Labute approximate surface area is 193 Å². The molecule has 8 heteroatoms. The summed E-state index contributed by atoms with van der Waals surface area (Å²) < 4.78 is 5.30. The molecular formula is C24H32N4O3S. The number of ether oxygens (including phenoxy) is 1. The zero-order valence-electron chi connectivity index (χ0n) is 19.3. The van der Waals surface area contributed by atoms with Gasteiger partial charge in [-0.1, -0.05) is 0 Å². The van der Waals surface area contributed by atoms with Crippen LogP contribution in [0.2, 0.25) is 0 Å². The number of methoxy groups -OCH3 is 1. The predicted molar refractivity (Wildman–Crippen MR) is 128 cm³/mol. The second kappa shape index (κ2) is 9.50. The average Bonchev–Trinajstić information content (AvgIpc) is 3.57. The molecule has 2 aromatic rings. The van der Waals surface area contributed by atoms with Crippen LogP contribution in [-0.2, 0) is 0 Å². The summed E-state index contributed by atoms with van der Waals surface area (Å²) >= 11 is 1.51. The minimum absolute atomic E-state index is 0.0168. The Kier molecular flexibility index (Phi) is 6.71. The van der Waals surface area contributed by atoms with Gasteiger partial charge in [0.15, 0.2) is 0 Å². The zero-order chi connectivity index (χ0) is 22.8. The van der Waals surface area contributed by atoms with Gasteiger partial charge in [0.2, 0.25) is 0 Å². The van der Waals surface area contributed by atoms with Crippen LogP contribution in [0.25, 0.3) is 10.4 Å². The number of amides is 3. The molecule has 0 bridgehead atoms. The second-order valence-electron chi connectivity index (χ2n) is 8.65. The summed E-state index contributed by atoms with van der Waals surface area (Å²) in [7, 11) is 5.46. The molecule has 0 radical (unpaired) electrons. The van der Waals surface area contributed by atoms with Gasteiger partial charge in [-0.2, -0.15) is 0 Å². The highest BCUT2D eigenvalue weighted by Crippen LogP contribution is 2.33. The zero-order valence-corrected chi connectivity index (χ0v) is 20.1. The lowest BCUT2D eigenvalue weighted by Crippen LogP contribution is -2.44. The third kappa shape index (κ3) is 4.47. The molecule has 2 atom stereocenters. The monoisotopic (exact) mass is 456 g/mol. The van der Waals surface area contributed by atoms with E-state index in [-0.39, 0.29) is 18.0 Å². The molecular weight excluding hydrogens is 424 g/mol. The fraction of sp³-hybridized carbons (Fsp3) is 0.500. The number of carbonyl (C=O) groups is 2. The molecule has 1 aromatic heterocycles. The second-order valence-corrected chi connectivity index (χ2v) is 9.74. The smallest absolute Gasteiger partial charge is 0.320 e. The maximum Gasteiger partial charge on any atom is 0.320 e. The molecule has 32 heavy (non-hydrogen) atoms. The largest absolute Gasteiger partial charge is 0.497 e. The number of benzene rings is 1. The lowest BCUT2D eigenvalue weighted by molar-refractivity contribution is 0.0740. The summed E-state index contributed by atoms with van der Waals surface area (Å²) in [6.07, 6.45) is 1.80. The molecule has 7 nitrogen and oxygen atoms in total. The van der Waals surface area contributed by atoms with Gasteiger partial charge in [0.25, 0.3) is 5.91 Å². The van der Waals surface area contributed by atoms with Crippen LogP contribution in [0.1, 0.15) is 28.1 Å². The number of thiophene rings is 1. The Morgan fingerprint density at radius 1 is 1.12 bits per heavy atom. The van der Waals surface area contributed by atoms with Crippen LogP contribution < -0.4 is 10.1 Å². The van der Waals surface area contributed by atoms with Gasteiger partial charge in [-0.25, -0.2) is 4.79 Å². The first kappa shape index (κ1) is 22.6. The molecule has 0 aliphatic carbocycles. The minimum atomic E-state index is 0.0168. The van der Waals surface area contributed by atoms with Crippen LogP contribution in [0.4, 0.5) is 4.79 Å². The first-order chi connectivity index (χ1) is 15.4. The molecule has 1 N–H and O–H groups in total. The van der Waals surface area contributed by atoms with E-state index >= 15 is 0 Å². The van der Waals surface area contributed by atoms with Gasteiger partial charge in [0.1, 0.15) is 5.75 Å². The summed E-state index contributed by atoms with van der Waals surface area (Å²) in [5.74, 6) is 0.845. The first-order valence-electron chi connectivity index (χ1n) is 11.1. The van der Waals surface area contributed by atoms with Crippen LogP contribution in [-0.4, -0.2) is 86.1 Å². The van der Waals surface area contributed by atoms with Crippen molar-refractivity contribution in [2.24, 2.45) is 0 Å². The highest BCUT2D eigenvalue weighted by molar-refractivity contribution is 7.17. The Morgan fingerprint density at radius 3 is 2.56 bits per heavy atom. The van der Waals surface area contributed by atoms with Crippen molar-refractivity contribution in [3.8, 4) is 16.2 Å². The summed E-state index contributed by atoms with van der Waals surface area (Å²) in [5.41, 5.74) is 2.23. The molecule has 1 aromatic carbocycles. The van der Waals surface area contributed by atoms with Crippen molar-refractivity contribution in [2.75, 3.05) is 47.4 Å². The fourth-order valence-corrected chi connectivity index (χ4v) is 5.66. The van der Waals surface area contributed by atoms with Crippen LogP contribution in [0.3, 0.4) is 0 Å². The van der Waals surface area contributed by atoms with Crippen LogP contribution in [0.15, 0.2) is 30.3 Å². The van der Waals surface area contributed by atoms with Crippen molar-refractivity contribution in [3.63, 3.8) is 0 Å². The summed E-state index contributed by atoms with van der Waals surface area (Å²) in [6.45, 7) is 4.89. The van der Waals surface area contributed by atoms with Crippen LogP contribution in [0.5, 0.6) is 5.75 Å². The maximum absolute atomic E-state index is 13.2. The minimum Gasteiger partial charge on any atom is -0.497 e. The van der Waals surface area contributed by atoms with Crippen LogP contribution >= 0.6 is 11.3 Å². The third-order valence-electron chi connectivity index (χ3n) is 6.68. The molecule has 0 unspecified atom stereocenters. The molecule has 2 aliphatic heterocycles. The Balaban J connectivity index is 1.39. The summed E-state index contributed by atoms with van der Waals surface area (Å²) in [4.78, 5) is 33.5. The van der Waals surface area contributed by atoms with Gasteiger partial charge in [0.05, 0.1) is 18.0 Å². The normalized spacial score (nSPS) is 20.6. The van der Waals surface area contributed by atoms with E-state index in [1.807, 2.05) is 59.1 Å². The van der Waals surface area contributed by atoms with Crippen LogP contribution in [0, 0.1) is 6.92 Å². The molecule has 2 fully saturated rings. The van der Waals surface area contributed by atoms with E-state index in [1.54, 1.807) is 7.11 Å². The molecule has 4 rings (SSSR count). The number of hydrogen-bond acceptors (Lipinski definition) is 5. The van der Waals surface area contributed by atoms with Gasteiger partial charge in [-0.15, -0.1) is 11.3 Å². The first-order valence-corrected chi connectivity index (χ1v) is 12.0. The van der Waals surface area contributed by atoms with Crippen molar-refractivity contribution in [3.05, 3.63) is 40.8 Å². The van der Waals surface area contributed by atoms with Gasteiger partial charge in [-0.3, -0.25) is 4.79 Å². The van der Waals surface area contributed by atoms with Gasteiger partial charge >= 0.3 is 6.03 Å². The third-order valence-corrected chi connectivity index (χ3v) is 7.79. The number of likely N-dealkylation sites (N-methyl/N-ethyl adjacent to an activating group) is 2. The molecule has 2 aliphatic rings. The molecule has 2 saturated heterocycles. The Morgan fingerprint density at radius 2 is 1.88 bits per heavy atom. The molecule has 0 saturated carbocycles. The summed E-state index contributed by atoms with van der Waals surface area (Å²) in [5, 5.41) is 3.25. The quantitative estimate of drug-likeness (QED) is 0.750. The molecule has 172 valence electrons. The van der Waals surface area contributed by atoms with Gasteiger partial charge < -0.3 is 24.8 Å². The standard InChI is InChI=1S/C24H32N4O3S/c1-16-13-19(31-4)5-6-20(16)21-7-8-22(32-21)23(29)26(3)18-10-12-28(15-18)24(30)27-11-9-17(14-27)25-2/h5-8,13,17-18,25H,9-12,14-15H2,1-4H3/t17-,18+/m1/s1. The van der Waals surface area contributed by atoms with E-state index in [0.29, 0.717) is 19.1 Å². The fourth-order valence-electron chi connectivity index (χ4n) is 4.58. The van der Waals surface area contributed by atoms with Gasteiger partial charge in [-0.05, 0) is 68.3 Å². The number of aryl methyl sites for hydroxylation is 1. The number of hydrogen-bond donors (Lipinski definition) is 1. The molecule has 3 heterocycles. The Bertz CT molecular complexity index is 991. The lowest BCUT2D eigenvalue weighted by atomic mass is 10.1. The molecule has 0 spiro atoms.